The highest BCUT2D eigenvalue weighted by Crippen LogP contribution is 2.15. The van der Waals surface area contributed by atoms with Gasteiger partial charge in [0, 0.05) is 11.3 Å². The van der Waals surface area contributed by atoms with Gasteiger partial charge in [0.15, 0.2) is 0 Å². The van der Waals surface area contributed by atoms with E-state index in [0.717, 1.165) is 18.8 Å². The van der Waals surface area contributed by atoms with Gasteiger partial charge in [-0.15, -0.1) is 16.4 Å². The van der Waals surface area contributed by atoms with Crippen LogP contribution in [0.4, 0.5) is 0 Å². The van der Waals surface area contributed by atoms with Gasteiger partial charge in [-0.3, -0.25) is 0 Å². The zero-order valence-corrected chi connectivity index (χ0v) is 15.0. The first-order valence-corrected chi connectivity index (χ1v) is 9.66. The summed E-state index contributed by atoms with van der Waals surface area (Å²) in [5, 5.41) is 14.8. The van der Waals surface area contributed by atoms with Gasteiger partial charge >= 0.3 is 0 Å². The lowest BCUT2D eigenvalue weighted by molar-refractivity contribution is -1.03. The van der Waals surface area contributed by atoms with Gasteiger partial charge in [0.25, 0.3) is 0 Å². The molecule has 0 saturated carbocycles. The Kier molecular flexibility index (Phi) is 5.75. The van der Waals surface area contributed by atoms with E-state index >= 15 is 0 Å². The number of tetrazole rings is 1. The van der Waals surface area contributed by atoms with Crippen molar-refractivity contribution >= 4 is 11.3 Å². The lowest BCUT2D eigenvalue weighted by atomic mass is 10.1. The summed E-state index contributed by atoms with van der Waals surface area (Å²) < 4.78 is 2.01. The van der Waals surface area contributed by atoms with Gasteiger partial charge < -0.3 is 9.80 Å². The largest absolute Gasteiger partial charge is 0.326 e. The maximum absolute atomic E-state index is 4.41. The fraction of sp³-hybridized carbons (Fsp3) is 0.688. The third kappa shape index (κ3) is 3.97. The van der Waals surface area contributed by atoms with Crippen molar-refractivity contribution in [3.8, 4) is 0 Å². The highest BCUT2D eigenvalue weighted by Gasteiger charge is 2.33. The van der Waals surface area contributed by atoms with E-state index in [4.69, 9.17) is 0 Å². The molecule has 0 aliphatic carbocycles. The van der Waals surface area contributed by atoms with Crippen LogP contribution in [0.5, 0.6) is 0 Å². The monoisotopic (exact) mass is 336 g/mol. The molecule has 1 saturated heterocycles. The van der Waals surface area contributed by atoms with Crippen molar-refractivity contribution in [1.82, 2.24) is 20.2 Å². The Morgan fingerprint density at radius 3 is 2.74 bits per heavy atom. The van der Waals surface area contributed by atoms with Crippen LogP contribution in [0.25, 0.3) is 0 Å². The second kappa shape index (κ2) is 7.99. The molecule has 1 aliphatic heterocycles. The van der Waals surface area contributed by atoms with Crippen molar-refractivity contribution in [2.75, 3.05) is 32.7 Å². The molecule has 0 spiro atoms. The first kappa shape index (κ1) is 16.5. The van der Waals surface area contributed by atoms with Crippen molar-refractivity contribution in [2.45, 2.75) is 39.3 Å². The molecule has 2 N–H and O–H groups in total. The fourth-order valence-electron chi connectivity index (χ4n) is 3.56. The highest BCUT2D eigenvalue weighted by molar-refractivity contribution is 7.09. The van der Waals surface area contributed by atoms with E-state index in [1.165, 1.54) is 44.0 Å². The van der Waals surface area contributed by atoms with Crippen LogP contribution in [0.2, 0.25) is 0 Å². The third-order valence-corrected chi connectivity index (χ3v) is 5.79. The molecule has 1 fully saturated rings. The summed E-state index contributed by atoms with van der Waals surface area (Å²) >= 11 is 1.77. The SMILES string of the molecule is CCC[C@H](c1nnnn1Cc1cccs1)[NH+]1CC[NH+](CC)CC1. The minimum atomic E-state index is 0.424. The number of aromatic nitrogens is 4. The summed E-state index contributed by atoms with van der Waals surface area (Å²) in [5.74, 6) is 1.06. The molecule has 126 valence electrons. The number of rotatable bonds is 7. The smallest absolute Gasteiger partial charge is 0.209 e. The zero-order valence-electron chi connectivity index (χ0n) is 14.2. The number of nitrogens with one attached hydrogen (secondary N) is 2. The molecule has 6 nitrogen and oxygen atoms in total. The molecule has 1 atom stereocenters. The second-order valence-electron chi connectivity index (χ2n) is 6.38. The lowest BCUT2D eigenvalue weighted by Gasteiger charge is -2.33. The summed E-state index contributed by atoms with van der Waals surface area (Å²) in [7, 11) is 0. The molecule has 3 rings (SSSR count). The van der Waals surface area contributed by atoms with Crippen LogP contribution < -0.4 is 9.80 Å². The Morgan fingerprint density at radius 1 is 1.26 bits per heavy atom. The minimum Gasteiger partial charge on any atom is -0.326 e. The summed E-state index contributed by atoms with van der Waals surface area (Å²) in [6.45, 7) is 11.5. The van der Waals surface area contributed by atoms with Crippen molar-refractivity contribution in [1.29, 1.82) is 0 Å². The van der Waals surface area contributed by atoms with E-state index in [9.17, 15) is 0 Å². The summed E-state index contributed by atoms with van der Waals surface area (Å²) in [4.78, 5) is 4.69. The molecule has 0 aromatic carbocycles. The van der Waals surface area contributed by atoms with Crippen molar-refractivity contribution < 1.29 is 9.80 Å². The van der Waals surface area contributed by atoms with Crippen molar-refractivity contribution in [3.05, 3.63) is 28.2 Å². The molecule has 0 amide bonds. The van der Waals surface area contributed by atoms with Gasteiger partial charge in [0.2, 0.25) is 5.82 Å². The van der Waals surface area contributed by atoms with Crippen molar-refractivity contribution in [3.63, 3.8) is 0 Å². The van der Waals surface area contributed by atoms with E-state index in [0.29, 0.717) is 6.04 Å². The topological polar surface area (TPSA) is 52.5 Å². The molecule has 3 heterocycles. The van der Waals surface area contributed by atoms with Crippen LogP contribution in [0.3, 0.4) is 0 Å². The van der Waals surface area contributed by atoms with Gasteiger partial charge in [-0.05, 0) is 28.8 Å². The molecular weight excluding hydrogens is 308 g/mol. The average Bonchev–Trinajstić information content (AvgIpc) is 3.25. The number of nitrogens with zero attached hydrogens (tertiary/aromatic N) is 4. The average molecular weight is 337 g/mol. The number of quaternary nitrogens is 2. The van der Waals surface area contributed by atoms with E-state index in [2.05, 4.69) is 46.9 Å². The zero-order chi connectivity index (χ0) is 16.1. The Balaban J connectivity index is 1.75. The van der Waals surface area contributed by atoms with E-state index < -0.39 is 0 Å². The molecule has 0 unspecified atom stereocenters. The summed E-state index contributed by atoms with van der Waals surface area (Å²) in [5.41, 5.74) is 0. The summed E-state index contributed by atoms with van der Waals surface area (Å²) in [6, 6.07) is 4.67. The maximum Gasteiger partial charge on any atom is 0.209 e. The van der Waals surface area contributed by atoms with Gasteiger partial charge in [0.05, 0.1) is 13.1 Å². The molecule has 2 aromatic heterocycles. The van der Waals surface area contributed by atoms with E-state index in [1.807, 2.05) is 4.68 Å². The molecule has 1 aliphatic rings. The van der Waals surface area contributed by atoms with E-state index in [-0.39, 0.29) is 0 Å². The minimum absolute atomic E-state index is 0.424. The van der Waals surface area contributed by atoms with Gasteiger partial charge in [-0.25, -0.2) is 4.68 Å². The van der Waals surface area contributed by atoms with Crippen LogP contribution in [-0.4, -0.2) is 52.9 Å². The standard InChI is InChI=1S/C16H26N6S/c1-3-6-15(21-10-8-20(4-2)9-11-21)16-17-18-19-22(16)13-14-7-5-12-23-14/h5,7,12,15H,3-4,6,8-11,13H2,1-2H3/p+2/t15-/m1/s1. The lowest BCUT2D eigenvalue weighted by Crippen LogP contribution is -3.28. The third-order valence-electron chi connectivity index (χ3n) is 4.93. The first-order valence-electron chi connectivity index (χ1n) is 8.78. The second-order valence-corrected chi connectivity index (χ2v) is 7.41. The molecule has 2 aromatic rings. The molecular formula is C16H28N6S+2. The molecule has 0 bridgehead atoms. The molecule has 7 heteroatoms. The van der Waals surface area contributed by atoms with Crippen LogP contribution >= 0.6 is 11.3 Å². The number of hydrogen-bond donors (Lipinski definition) is 2. The predicted octanol–water partition coefficient (Wildman–Crippen LogP) is -0.573. The van der Waals surface area contributed by atoms with Crippen molar-refractivity contribution in [2.24, 2.45) is 0 Å². The molecule has 23 heavy (non-hydrogen) atoms. The number of piperazine rings is 1. The number of thiophene rings is 1. The Bertz CT molecular complexity index is 573. The van der Waals surface area contributed by atoms with Gasteiger partial charge in [-0.1, -0.05) is 19.4 Å². The normalized spacial score (nSPS) is 23.0. The predicted molar refractivity (Wildman–Crippen MR) is 90.8 cm³/mol. The van der Waals surface area contributed by atoms with Crippen LogP contribution in [-0.2, 0) is 6.54 Å². The highest BCUT2D eigenvalue weighted by atomic mass is 32.1. The first-order chi connectivity index (χ1) is 11.3. The quantitative estimate of drug-likeness (QED) is 0.712. The number of hydrogen-bond acceptors (Lipinski definition) is 4. The molecule has 0 radical (unpaired) electrons. The van der Waals surface area contributed by atoms with E-state index in [1.54, 1.807) is 21.1 Å². The van der Waals surface area contributed by atoms with Crippen LogP contribution in [0, 0.1) is 0 Å². The Hall–Kier alpha value is -1.31. The Labute approximate surface area is 142 Å². The number of likely N-dealkylation sites (N-methyl/N-ethyl adjacent to an activating group) is 1. The Morgan fingerprint density at radius 2 is 2.09 bits per heavy atom. The fourth-order valence-corrected chi connectivity index (χ4v) is 4.24. The van der Waals surface area contributed by atoms with Gasteiger partial charge in [0.1, 0.15) is 32.2 Å². The maximum atomic E-state index is 4.41. The van der Waals surface area contributed by atoms with Crippen LogP contribution in [0.1, 0.15) is 43.4 Å². The summed E-state index contributed by atoms with van der Waals surface area (Å²) in [6.07, 6.45) is 2.33. The van der Waals surface area contributed by atoms with Gasteiger partial charge in [-0.2, -0.15) is 0 Å². The van der Waals surface area contributed by atoms with Crippen LogP contribution in [0.15, 0.2) is 17.5 Å².